The first-order chi connectivity index (χ1) is 21.6. The van der Waals surface area contributed by atoms with E-state index in [1.807, 2.05) is 37.3 Å². The van der Waals surface area contributed by atoms with E-state index in [9.17, 15) is 18.0 Å². The van der Waals surface area contributed by atoms with E-state index >= 15 is 0 Å². The summed E-state index contributed by atoms with van der Waals surface area (Å²) in [6.45, 7) is 1.97. The van der Waals surface area contributed by atoms with Gasteiger partial charge in [0.1, 0.15) is 17.3 Å². The fourth-order valence-electron chi connectivity index (χ4n) is 5.39. The molecule has 0 fully saturated rings. The molecule has 10 nitrogen and oxygen atoms in total. The number of nitrogens with zero attached hydrogens (tertiary/aromatic N) is 1. The Kier molecular flexibility index (Phi) is 7.94. The molecular formula is C34H32N2O8S. The SMILES string of the molecule is COc1cc(C)ccc1S(=O)(=O)NC(=O)C(c1ccc2c(c1)OCO2)c1cn(C)c2cc(C(=O)OCc3ccccc3)ccc12.[HH]. The number of benzene rings is 4. The summed E-state index contributed by atoms with van der Waals surface area (Å²) in [5.74, 6) is -1.28. The van der Waals surface area contributed by atoms with Gasteiger partial charge >= 0.3 is 5.97 Å². The Bertz CT molecular complexity index is 2040. The van der Waals surface area contributed by atoms with Gasteiger partial charge in [0.2, 0.25) is 12.7 Å². The summed E-state index contributed by atoms with van der Waals surface area (Å²) < 4.78 is 52.9. The minimum Gasteiger partial charge on any atom is -0.495 e. The summed E-state index contributed by atoms with van der Waals surface area (Å²) in [6, 6.07) is 24.1. The van der Waals surface area contributed by atoms with Crippen molar-refractivity contribution in [2.75, 3.05) is 13.9 Å². The minimum atomic E-state index is -4.33. The molecule has 1 atom stereocenters. The molecule has 6 rings (SSSR count). The van der Waals surface area contributed by atoms with Crippen LogP contribution in [0.3, 0.4) is 0 Å². The van der Waals surface area contributed by atoms with Gasteiger partial charge in [0.05, 0.1) is 18.6 Å². The second-order valence-electron chi connectivity index (χ2n) is 10.7. The number of aryl methyl sites for hydroxylation is 2. The zero-order chi connectivity index (χ0) is 31.7. The lowest BCUT2D eigenvalue weighted by Crippen LogP contribution is -2.35. The van der Waals surface area contributed by atoms with Crippen LogP contribution in [-0.4, -0.2) is 38.8 Å². The summed E-state index contributed by atoms with van der Waals surface area (Å²) >= 11 is 0. The van der Waals surface area contributed by atoms with E-state index < -0.39 is 27.8 Å². The second kappa shape index (κ2) is 12.0. The maximum absolute atomic E-state index is 14.1. The lowest BCUT2D eigenvalue weighted by atomic mass is 9.90. The lowest BCUT2D eigenvalue weighted by Gasteiger charge is -2.19. The number of hydrogen-bond acceptors (Lipinski definition) is 8. The van der Waals surface area contributed by atoms with Gasteiger partial charge in [-0.05, 0) is 65.6 Å². The maximum atomic E-state index is 14.1. The van der Waals surface area contributed by atoms with Crippen LogP contribution >= 0.6 is 0 Å². The first-order valence-corrected chi connectivity index (χ1v) is 15.5. The third kappa shape index (κ3) is 5.94. The Morgan fingerprint density at radius 3 is 2.53 bits per heavy atom. The van der Waals surface area contributed by atoms with Gasteiger partial charge in [-0.3, -0.25) is 4.79 Å². The lowest BCUT2D eigenvalue weighted by molar-refractivity contribution is -0.119. The Balaban J connectivity index is 0.00000417. The average molecular weight is 629 g/mol. The van der Waals surface area contributed by atoms with Crippen molar-refractivity contribution in [1.29, 1.82) is 0 Å². The molecule has 11 heteroatoms. The van der Waals surface area contributed by atoms with Crippen LogP contribution in [0.4, 0.5) is 0 Å². The summed E-state index contributed by atoms with van der Waals surface area (Å²) in [5, 5.41) is 0.653. The highest BCUT2D eigenvalue weighted by Gasteiger charge is 2.32. The van der Waals surface area contributed by atoms with Gasteiger partial charge < -0.3 is 23.5 Å². The van der Waals surface area contributed by atoms with E-state index in [0.717, 1.165) is 11.1 Å². The highest BCUT2D eigenvalue weighted by molar-refractivity contribution is 7.90. The average Bonchev–Trinajstić information content (AvgIpc) is 3.63. The smallest absolute Gasteiger partial charge is 0.338 e. The topological polar surface area (TPSA) is 122 Å². The molecule has 1 aliphatic rings. The Labute approximate surface area is 261 Å². The van der Waals surface area contributed by atoms with E-state index in [1.54, 1.807) is 66.3 Å². The standard InChI is InChI=1S/C34H30N2O8S.H2/c1-21-9-14-31(30(15-21)41-3)45(39,40)35-33(37)32(23-11-13-28-29(17-23)44-20-43-28)26-18-36(2)27-16-24(10-12-25(26)27)34(38)42-19-22-7-5-4-6-8-22;/h4-18,32H,19-20H2,1-3H3,(H,35,37);1H. The maximum Gasteiger partial charge on any atom is 0.338 e. The highest BCUT2D eigenvalue weighted by Crippen LogP contribution is 2.39. The van der Waals surface area contributed by atoms with Gasteiger partial charge in [0.25, 0.3) is 10.0 Å². The second-order valence-corrected chi connectivity index (χ2v) is 12.3. The normalized spacial score (nSPS) is 13.0. The first-order valence-electron chi connectivity index (χ1n) is 14.1. The van der Waals surface area contributed by atoms with Crippen molar-refractivity contribution in [3.8, 4) is 17.2 Å². The largest absolute Gasteiger partial charge is 0.495 e. The molecule has 4 aromatic carbocycles. The van der Waals surface area contributed by atoms with Crippen LogP contribution in [0.5, 0.6) is 17.2 Å². The van der Waals surface area contributed by atoms with Crippen LogP contribution in [0.2, 0.25) is 0 Å². The Morgan fingerprint density at radius 2 is 1.76 bits per heavy atom. The molecule has 0 bridgehead atoms. The molecule has 1 N–H and O–H groups in total. The van der Waals surface area contributed by atoms with Gasteiger partial charge in [-0.15, -0.1) is 0 Å². The van der Waals surface area contributed by atoms with Crippen molar-refractivity contribution in [3.05, 3.63) is 119 Å². The van der Waals surface area contributed by atoms with Gasteiger partial charge in [0.15, 0.2) is 11.5 Å². The number of amides is 1. The molecule has 1 amide bonds. The van der Waals surface area contributed by atoms with Gasteiger partial charge in [-0.25, -0.2) is 17.9 Å². The number of sulfonamides is 1. The van der Waals surface area contributed by atoms with Crippen LogP contribution in [0.25, 0.3) is 10.9 Å². The number of carbonyl (C=O) groups excluding carboxylic acids is 2. The number of nitrogens with one attached hydrogen (secondary N) is 1. The molecule has 2 heterocycles. The first kappa shape index (κ1) is 29.8. The number of hydrogen-bond donors (Lipinski definition) is 1. The molecule has 45 heavy (non-hydrogen) atoms. The van der Waals surface area contributed by atoms with E-state index in [2.05, 4.69) is 4.72 Å². The summed E-state index contributed by atoms with van der Waals surface area (Å²) in [6.07, 6.45) is 1.75. The van der Waals surface area contributed by atoms with Crippen molar-refractivity contribution in [2.45, 2.75) is 24.3 Å². The zero-order valence-corrected chi connectivity index (χ0v) is 25.6. The van der Waals surface area contributed by atoms with Crippen LogP contribution in [-0.2, 0) is 33.2 Å². The summed E-state index contributed by atoms with van der Waals surface area (Å²) in [5.41, 5.74) is 3.67. The fourth-order valence-corrected chi connectivity index (χ4v) is 6.53. The van der Waals surface area contributed by atoms with Crippen molar-refractivity contribution >= 4 is 32.8 Å². The molecule has 0 spiro atoms. The highest BCUT2D eigenvalue weighted by atomic mass is 32.2. The molecule has 0 saturated carbocycles. The fraction of sp³-hybridized carbons (Fsp3) is 0.176. The molecule has 0 aliphatic carbocycles. The molecule has 232 valence electrons. The van der Waals surface area contributed by atoms with Gasteiger partial charge in [-0.2, -0.15) is 0 Å². The summed E-state index contributed by atoms with van der Waals surface area (Å²) in [7, 11) is -1.18. The number of aromatic nitrogens is 1. The van der Waals surface area contributed by atoms with Crippen LogP contribution in [0.15, 0.2) is 96.0 Å². The zero-order valence-electron chi connectivity index (χ0n) is 24.8. The predicted molar refractivity (Wildman–Crippen MR) is 168 cm³/mol. The number of ether oxygens (including phenoxy) is 4. The van der Waals surface area contributed by atoms with E-state index in [4.69, 9.17) is 18.9 Å². The van der Waals surface area contributed by atoms with Crippen LogP contribution < -0.4 is 18.9 Å². The molecule has 1 aromatic heterocycles. The van der Waals surface area contributed by atoms with E-state index in [-0.39, 0.29) is 25.5 Å². The minimum absolute atomic E-state index is 0. The van der Waals surface area contributed by atoms with E-state index in [1.165, 1.54) is 13.2 Å². The van der Waals surface area contributed by atoms with Gasteiger partial charge in [-0.1, -0.05) is 48.5 Å². The number of methoxy groups -OCH3 is 1. The van der Waals surface area contributed by atoms with Crippen molar-refractivity contribution in [2.24, 2.45) is 7.05 Å². The van der Waals surface area contributed by atoms with Crippen molar-refractivity contribution in [3.63, 3.8) is 0 Å². The number of rotatable bonds is 9. The molecule has 0 radical (unpaired) electrons. The number of esters is 1. The monoisotopic (exact) mass is 628 g/mol. The third-order valence-corrected chi connectivity index (χ3v) is 9.00. The Morgan fingerprint density at radius 1 is 0.978 bits per heavy atom. The van der Waals surface area contributed by atoms with Crippen LogP contribution in [0.1, 0.15) is 40.0 Å². The molecule has 5 aromatic rings. The van der Waals surface area contributed by atoms with Gasteiger partial charge in [0, 0.05) is 25.6 Å². The quantitative estimate of drug-likeness (QED) is 0.214. The summed E-state index contributed by atoms with van der Waals surface area (Å²) in [4.78, 5) is 26.8. The molecule has 0 saturated heterocycles. The molecule has 1 aliphatic heterocycles. The van der Waals surface area contributed by atoms with Crippen molar-refractivity contribution < 1.29 is 38.4 Å². The van der Waals surface area contributed by atoms with Crippen LogP contribution in [0, 0.1) is 6.92 Å². The predicted octanol–water partition coefficient (Wildman–Crippen LogP) is 5.46. The number of carbonyl (C=O) groups is 2. The Hall–Kier alpha value is -5.29. The third-order valence-electron chi connectivity index (χ3n) is 7.62. The number of fused-ring (bicyclic) bond motifs is 2. The van der Waals surface area contributed by atoms with E-state index in [0.29, 0.717) is 39.1 Å². The molecule has 1 unspecified atom stereocenters. The van der Waals surface area contributed by atoms with Crippen molar-refractivity contribution in [1.82, 2.24) is 9.29 Å². The molecular weight excluding hydrogens is 596 g/mol.